The Morgan fingerprint density at radius 1 is 1.39 bits per heavy atom. The number of hydrogen-bond acceptors (Lipinski definition) is 3. The predicted octanol–water partition coefficient (Wildman–Crippen LogP) is 1.13. The van der Waals surface area contributed by atoms with Gasteiger partial charge in [0.2, 0.25) is 5.91 Å². The third-order valence-electron chi connectivity index (χ3n) is 3.53. The van der Waals surface area contributed by atoms with Gasteiger partial charge in [-0.05, 0) is 31.4 Å². The molecule has 0 spiro atoms. The summed E-state index contributed by atoms with van der Waals surface area (Å²) in [5, 5.41) is 12.0. The minimum atomic E-state index is -0.921. The van der Waals surface area contributed by atoms with Crippen LogP contribution < -0.4 is 11.1 Å². The van der Waals surface area contributed by atoms with Gasteiger partial charge in [-0.3, -0.25) is 9.59 Å². The van der Waals surface area contributed by atoms with Crippen LogP contribution in [-0.4, -0.2) is 22.5 Å². The van der Waals surface area contributed by atoms with Crippen molar-refractivity contribution in [3.8, 4) is 0 Å². The molecule has 1 saturated carbocycles. The molecule has 0 saturated heterocycles. The maximum absolute atomic E-state index is 11.6. The van der Waals surface area contributed by atoms with Crippen molar-refractivity contribution in [2.75, 3.05) is 5.32 Å². The summed E-state index contributed by atoms with van der Waals surface area (Å²) < 4.78 is 0. The number of benzene rings is 1. The highest BCUT2D eigenvalue weighted by molar-refractivity contribution is 5.92. The average Bonchev–Trinajstić information content (AvgIpc) is 2.24. The van der Waals surface area contributed by atoms with E-state index in [1.165, 1.54) is 0 Å². The van der Waals surface area contributed by atoms with Crippen LogP contribution in [0.3, 0.4) is 0 Å². The van der Waals surface area contributed by atoms with E-state index < -0.39 is 23.3 Å². The Morgan fingerprint density at radius 2 is 2.00 bits per heavy atom. The van der Waals surface area contributed by atoms with Crippen molar-refractivity contribution < 1.29 is 14.7 Å². The second kappa shape index (κ2) is 4.33. The molecule has 1 aliphatic carbocycles. The Morgan fingerprint density at radius 3 is 2.50 bits per heavy atom. The third kappa shape index (κ3) is 2.03. The molecule has 1 aromatic rings. The number of aliphatic carboxylic acids is 1. The van der Waals surface area contributed by atoms with E-state index in [9.17, 15) is 9.59 Å². The Hall–Kier alpha value is -2.04. The van der Waals surface area contributed by atoms with Gasteiger partial charge in [0.25, 0.3) is 0 Å². The first-order valence-corrected chi connectivity index (χ1v) is 5.81. The van der Waals surface area contributed by atoms with Crippen LogP contribution in [0.5, 0.6) is 0 Å². The van der Waals surface area contributed by atoms with E-state index in [0.29, 0.717) is 0 Å². The second-order valence-corrected chi connectivity index (χ2v) is 4.83. The van der Waals surface area contributed by atoms with Crippen LogP contribution in [-0.2, 0) is 9.59 Å². The van der Waals surface area contributed by atoms with Crippen molar-refractivity contribution in [2.24, 2.45) is 11.7 Å². The summed E-state index contributed by atoms with van der Waals surface area (Å²) in [5.74, 6) is -1.87. The van der Waals surface area contributed by atoms with Crippen LogP contribution in [0.1, 0.15) is 18.4 Å². The number of amides is 1. The number of para-hydroxylation sites is 1. The monoisotopic (exact) mass is 248 g/mol. The first-order chi connectivity index (χ1) is 8.44. The molecular weight excluding hydrogens is 232 g/mol. The lowest BCUT2D eigenvalue weighted by atomic mass is 9.67. The molecule has 0 unspecified atom stereocenters. The molecule has 0 bridgehead atoms. The summed E-state index contributed by atoms with van der Waals surface area (Å²) >= 11 is 0. The van der Waals surface area contributed by atoms with E-state index >= 15 is 0 Å². The molecule has 4 N–H and O–H groups in total. The van der Waals surface area contributed by atoms with Gasteiger partial charge in [0.05, 0.1) is 5.92 Å². The van der Waals surface area contributed by atoms with Crippen LogP contribution in [0, 0.1) is 12.8 Å². The van der Waals surface area contributed by atoms with Gasteiger partial charge < -0.3 is 16.2 Å². The highest BCUT2D eigenvalue weighted by atomic mass is 16.4. The molecule has 96 valence electrons. The van der Waals surface area contributed by atoms with Gasteiger partial charge in [-0.15, -0.1) is 0 Å². The van der Waals surface area contributed by atoms with Gasteiger partial charge in [-0.1, -0.05) is 18.2 Å². The van der Waals surface area contributed by atoms with Crippen LogP contribution >= 0.6 is 0 Å². The molecule has 0 aliphatic heterocycles. The van der Waals surface area contributed by atoms with Crippen LogP contribution in [0.4, 0.5) is 5.69 Å². The molecule has 1 aliphatic rings. The maximum Gasteiger partial charge on any atom is 0.306 e. The van der Waals surface area contributed by atoms with Crippen molar-refractivity contribution in [3.05, 3.63) is 29.8 Å². The molecule has 2 rings (SSSR count). The summed E-state index contributed by atoms with van der Waals surface area (Å²) in [5.41, 5.74) is 6.29. The summed E-state index contributed by atoms with van der Waals surface area (Å²) in [6.07, 6.45) is 0.484. The standard InChI is InChI=1S/C13H16N2O3/c1-8-4-2-3-5-10(8)15-13(12(14)18)6-9(7-13)11(16)17/h2-5,9,15H,6-7H2,1H3,(H2,14,18)(H,16,17). The van der Waals surface area contributed by atoms with E-state index in [4.69, 9.17) is 10.8 Å². The minimum Gasteiger partial charge on any atom is -0.481 e. The zero-order valence-corrected chi connectivity index (χ0v) is 10.1. The summed E-state index contributed by atoms with van der Waals surface area (Å²) in [6, 6.07) is 7.54. The molecule has 1 amide bonds. The topological polar surface area (TPSA) is 92.4 Å². The molecule has 0 atom stereocenters. The summed E-state index contributed by atoms with van der Waals surface area (Å²) in [7, 11) is 0. The first kappa shape index (κ1) is 12.4. The third-order valence-corrected chi connectivity index (χ3v) is 3.53. The number of nitrogens with two attached hydrogens (primary N) is 1. The van der Waals surface area contributed by atoms with Crippen molar-refractivity contribution in [2.45, 2.75) is 25.3 Å². The van der Waals surface area contributed by atoms with Gasteiger partial charge in [0.15, 0.2) is 0 Å². The fourth-order valence-electron chi connectivity index (χ4n) is 2.29. The molecule has 5 heteroatoms. The smallest absolute Gasteiger partial charge is 0.306 e. The fraction of sp³-hybridized carbons (Fsp3) is 0.385. The van der Waals surface area contributed by atoms with Gasteiger partial charge in [0, 0.05) is 5.69 Å². The lowest BCUT2D eigenvalue weighted by Crippen LogP contribution is -2.60. The Kier molecular flexibility index (Phi) is 2.98. The Labute approximate surface area is 105 Å². The van der Waals surface area contributed by atoms with Gasteiger partial charge in [0.1, 0.15) is 5.54 Å². The number of rotatable bonds is 4. The molecule has 18 heavy (non-hydrogen) atoms. The van der Waals surface area contributed by atoms with Gasteiger partial charge in [-0.2, -0.15) is 0 Å². The van der Waals surface area contributed by atoms with Crippen LogP contribution in [0.15, 0.2) is 24.3 Å². The summed E-state index contributed by atoms with van der Waals surface area (Å²) in [4.78, 5) is 22.4. The predicted molar refractivity (Wildman–Crippen MR) is 67.1 cm³/mol. The Balaban J connectivity index is 2.17. The molecular formula is C13H16N2O3. The molecule has 0 radical (unpaired) electrons. The number of carboxylic acid groups (broad SMARTS) is 1. The lowest BCUT2D eigenvalue weighted by molar-refractivity contribution is -0.148. The molecule has 1 fully saturated rings. The number of aryl methyl sites for hydroxylation is 1. The number of anilines is 1. The van der Waals surface area contributed by atoms with Crippen molar-refractivity contribution in [1.29, 1.82) is 0 Å². The zero-order chi connectivity index (χ0) is 13.3. The minimum absolute atomic E-state index is 0.242. The lowest BCUT2D eigenvalue weighted by Gasteiger charge is -2.44. The largest absolute Gasteiger partial charge is 0.481 e. The van der Waals surface area contributed by atoms with Gasteiger partial charge >= 0.3 is 5.97 Å². The number of carbonyl (C=O) groups excluding carboxylic acids is 1. The molecule has 0 heterocycles. The normalized spacial score (nSPS) is 26.2. The number of carbonyl (C=O) groups is 2. The number of carboxylic acids is 1. The first-order valence-electron chi connectivity index (χ1n) is 5.81. The number of hydrogen-bond donors (Lipinski definition) is 3. The summed E-state index contributed by atoms with van der Waals surface area (Å²) in [6.45, 7) is 1.92. The van der Waals surface area contributed by atoms with Crippen molar-refractivity contribution in [3.63, 3.8) is 0 Å². The van der Waals surface area contributed by atoms with Gasteiger partial charge in [-0.25, -0.2) is 0 Å². The van der Waals surface area contributed by atoms with E-state index in [2.05, 4.69) is 5.32 Å². The van der Waals surface area contributed by atoms with Crippen LogP contribution in [0.25, 0.3) is 0 Å². The number of primary amides is 1. The van der Waals surface area contributed by atoms with E-state index in [0.717, 1.165) is 11.3 Å². The van der Waals surface area contributed by atoms with Crippen LogP contribution in [0.2, 0.25) is 0 Å². The second-order valence-electron chi connectivity index (χ2n) is 4.83. The van der Waals surface area contributed by atoms with Crippen molar-refractivity contribution >= 4 is 17.6 Å². The van der Waals surface area contributed by atoms with E-state index in [-0.39, 0.29) is 12.8 Å². The quantitative estimate of drug-likeness (QED) is 0.744. The highest BCUT2D eigenvalue weighted by Gasteiger charge is 2.52. The average molecular weight is 248 g/mol. The SMILES string of the molecule is Cc1ccccc1NC1(C(N)=O)CC(C(=O)O)C1. The molecule has 5 nitrogen and oxygen atoms in total. The van der Waals surface area contributed by atoms with E-state index in [1.54, 1.807) is 0 Å². The highest BCUT2D eigenvalue weighted by Crippen LogP contribution is 2.41. The molecule has 0 aromatic heterocycles. The maximum atomic E-state index is 11.6. The van der Waals surface area contributed by atoms with Crippen molar-refractivity contribution in [1.82, 2.24) is 0 Å². The zero-order valence-electron chi connectivity index (χ0n) is 10.1. The van der Waals surface area contributed by atoms with E-state index in [1.807, 2.05) is 31.2 Å². The Bertz CT molecular complexity index is 493. The molecule has 1 aromatic carbocycles. The fourth-order valence-corrected chi connectivity index (χ4v) is 2.29. The number of nitrogens with one attached hydrogen (secondary N) is 1.